The number of thioether (sulfide) groups is 1. The fourth-order valence-corrected chi connectivity index (χ4v) is 2.66. The molecule has 150 valence electrons. The molecule has 1 aromatic rings. The van der Waals surface area contributed by atoms with E-state index in [9.17, 15) is 19.7 Å². The van der Waals surface area contributed by atoms with Crippen molar-refractivity contribution < 1.29 is 24.0 Å². The zero-order chi connectivity index (χ0) is 20.6. The fraction of sp³-hybridized carbons (Fsp3) is 0.556. The molecule has 0 aromatic heterocycles. The van der Waals surface area contributed by atoms with Gasteiger partial charge in [0.25, 0.3) is 5.69 Å². The van der Waals surface area contributed by atoms with E-state index in [4.69, 9.17) is 9.47 Å². The number of alkyl carbamates (subject to hydrolysis) is 1. The molecule has 9 heteroatoms. The number of nitrogens with one attached hydrogen (secondary N) is 1. The highest BCUT2D eigenvalue weighted by atomic mass is 32.2. The smallest absolute Gasteiger partial charge is 0.408 e. The summed E-state index contributed by atoms with van der Waals surface area (Å²) in [5, 5.41) is 13.4. The Kier molecular flexibility index (Phi) is 8.55. The van der Waals surface area contributed by atoms with Crippen molar-refractivity contribution in [2.45, 2.75) is 51.9 Å². The van der Waals surface area contributed by atoms with Crippen molar-refractivity contribution in [3.8, 4) is 0 Å². The number of carbonyl (C=O) groups is 2. The lowest BCUT2D eigenvalue weighted by molar-refractivity contribution is -0.384. The van der Waals surface area contributed by atoms with Crippen LogP contribution in [0.25, 0.3) is 0 Å². The van der Waals surface area contributed by atoms with Crippen molar-refractivity contribution in [3.63, 3.8) is 0 Å². The molecule has 8 nitrogen and oxygen atoms in total. The van der Waals surface area contributed by atoms with Crippen molar-refractivity contribution in [3.05, 3.63) is 39.9 Å². The van der Waals surface area contributed by atoms with Gasteiger partial charge in [-0.25, -0.2) is 9.59 Å². The number of esters is 1. The molecule has 1 amide bonds. The van der Waals surface area contributed by atoms with Gasteiger partial charge in [-0.3, -0.25) is 10.1 Å². The Morgan fingerprint density at radius 3 is 2.33 bits per heavy atom. The highest BCUT2D eigenvalue weighted by Gasteiger charge is 2.26. The van der Waals surface area contributed by atoms with Gasteiger partial charge in [-0.15, -0.1) is 0 Å². The standard InChI is InChI=1S/C18H26N2O6S/c1-12(15(10-11-27-5)19-17(22)26-18(2,3)4)25-16(21)13-6-8-14(9-7-13)20(23)24/h6-9,12,15H,10-11H2,1-5H3,(H,19,22)/t12?,15-/m1/s1. The summed E-state index contributed by atoms with van der Waals surface area (Å²) in [7, 11) is 0. The molecule has 1 rings (SSSR count). The maximum Gasteiger partial charge on any atom is 0.408 e. The molecular formula is C18H26N2O6S. The Balaban J connectivity index is 2.76. The molecule has 0 aliphatic carbocycles. The molecule has 1 unspecified atom stereocenters. The van der Waals surface area contributed by atoms with Crippen molar-refractivity contribution in [1.82, 2.24) is 5.32 Å². The summed E-state index contributed by atoms with van der Waals surface area (Å²) in [6.45, 7) is 6.98. The van der Waals surface area contributed by atoms with E-state index in [0.717, 1.165) is 5.75 Å². The summed E-state index contributed by atoms with van der Waals surface area (Å²) >= 11 is 1.61. The number of nitro benzene ring substituents is 1. The van der Waals surface area contributed by atoms with Crippen LogP contribution in [0, 0.1) is 10.1 Å². The van der Waals surface area contributed by atoms with E-state index in [0.29, 0.717) is 6.42 Å². The monoisotopic (exact) mass is 398 g/mol. The number of amides is 1. The number of nitrogens with zero attached hydrogens (tertiary/aromatic N) is 1. The first-order chi connectivity index (χ1) is 12.5. The molecular weight excluding hydrogens is 372 g/mol. The number of benzene rings is 1. The van der Waals surface area contributed by atoms with Crippen molar-refractivity contribution in [1.29, 1.82) is 0 Å². The lowest BCUT2D eigenvalue weighted by Crippen LogP contribution is -2.46. The topological polar surface area (TPSA) is 108 Å². The lowest BCUT2D eigenvalue weighted by atomic mass is 10.1. The number of nitro groups is 1. The van der Waals surface area contributed by atoms with Crippen molar-refractivity contribution >= 4 is 29.5 Å². The largest absolute Gasteiger partial charge is 0.457 e. The van der Waals surface area contributed by atoms with E-state index in [-0.39, 0.29) is 11.3 Å². The number of non-ortho nitro benzene ring substituents is 1. The van der Waals surface area contributed by atoms with Crippen LogP contribution in [-0.4, -0.2) is 46.7 Å². The van der Waals surface area contributed by atoms with Gasteiger partial charge in [0.05, 0.1) is 16.5 Å². The first-order valence-electron chi connectivity index (χ1n) is 8.47. The quantitative estimate of drug-likeness (QED) is 0.403. The molecule has 0 radical (unpaired) electrons. The van der Waals surface area contributed by atoms with Gasteiger partial charge in [0.1, 0.15) is 11.7 Å². The molecule has 0 spiro atoms. The van der Waals surface area contributed by atoms with E-state index < -0.39 is 34.7 Å². The van der Waals surface area contributed by atoms with Crippen LogP contribution in [0.3, 0.4) is 0 Å². The third-order valence-electron chi connectivity index (χ3n) is 3.51. The number of hydrogen-bond acceptors (Lipinski definition) is 7. The number of rotatable bonds is 8. The minimum Gasteiger partial charge on any atom is -0.457 e. The Morgan fingerprint density at radius 1 is 1.26 bits per heavy atom. The maximum absolute atomic E-state index is 12.3. The average molecular weight is 398 g/mol. The maximum atomic E-state index is 12.3. The highest BCUT2D eigenvalue weighted by Crippen LogP contribution is 2.16. The van der Waals surface area contributed by atoms with E-state index in [1.165, 1.54) is 24.3 Å². The zero-order valence-electron chi connectivity index (χ0n) is 16.2. The molecule has 2 atom stereocenters. The number of carbonyl (C=O) groups excluding carboxylic acids is 2. The van der Waals surface area contributed by atoms with Gasteiger partial charge < -0.3 is 14.8 Å². The van der Waals surface area contributed by atoms with Crippen LogP contribution in [-0.2, 0) is 9.47 Å². The summed E-state index contributed by atoms with van der Waals surface area (Å²) in [5.74, 6) is 0.150. The van der Waals surface area contributed by atoms with E-state index in [1.807, 2.05) is 6.26 Å². The number of hydrogen-bond donors (Lipinski definition) is 1. The molecule has 0 saturated heterocycles. The summed E-state index contributed by atoms with van der Waals surface area (Å²) in [4.78, 5) is 34.5. The first kappa shape index (κ1) is 22.8. The minimum atomic E-state index is -0.632. The Hall–Kier alpha value is -2.29. The van der Waals surface area contributed by atoms with Gasteiger partial charge in [0, 0.05) is 12.1 Å². The van der Waals surface area contributed by atoms with E-state index in [1.54, 1.807) is 39.5 Å². The van der Waals surface area contributed by atoms with Gasteiger partial charge in [-0.05, 0) is 58.3 Å². The summed E-state index contributed by atoms with van der Waals surface area (Å²) in [6, 6.07) is 4.74. The van der Waals surface area contributed by atoms with Crippen LogP contribution in [0.4, 0.5) is 10.5 Å². The summed E-state index contributed by atoms with van der Waals surface area (Å²) in [5.41, 5.74) is -0.537. The van der Waals surface area contributed by atoms with Gasteiger partial charge in [0.2, 0.25) is 0 Å². The van der Waals surface area contributed by atoms with Gasteiger partial charge in [-0.2, -0.15) is 11.8 Å². The SMILES string of the molecule is CSCC[C@@H](NC(=O)OC(C)(C)C)C(C)OC(=O)c1ccc([N+](=O)[O-])cc1. The Bertz CT molecular complexity index is 657. The molecule has 1 N–H and O–H groups in total. The van der Waals surface area contributed by atoms with Crippen LogP contribution in [0.5, 0.6) is 0 Å². The molecule has 0 aliphatic rings. The minimum absolute atomic E-state index is 0.107. The van der Waals surface area contributed by atoms with Crippen LogP contribution in [0.15, 0.2) is 24.3 Å². The average Bonchev–Trinajstić information content (AvgIpc) is 2.56. The molecule has 0 saturated carbocycles. The van der Waals surface area contributed by atoms with Gasteiger partial charge in [0.15, 0.2) is 0 Å². The Morgan fingerprint density at radius 2 is 1.85 bits per heavy atom. The molecule has 0 fully saturated rings. The molecule has 27 heavy (non-hydrogen) atoms. The predicted octanol–water partition coefficient (Wildman–Crippen LogP) is 3.79. The third kappa shape index (κ3) is 8.29. The normalized spacial score (nSPS) is 13.4. The molecule has 0 heterocycles. The lowest BCUT2D eigenvalue weighted by Gasteiger charge is -2.27. The molecule has 1 aromatic carbocycles. The second kappa shape index (κ2) is 10.1. The van der Waals surface area contributed by atoms with Gasteiger partial charge >= 0.3 is 12.1 Å². The highest BCUT2D eigenvalue weighted by molar-refractivity contribution is 7.98. The van der Waals surface area contributed by atoms with Crippen LogP contribution < -0.4 is 5.32 Å². The Labute approximate surface area is 163 Å². The third-order valence-corrected chi connectivity index (χ3v) is 4.15. The summed E-state index contributed by atoms with van der Waals surface area (Å²) < 4.78 is 10.7. The molecule has 0 bridgehead atoms. The summed E-state index contributed by atoms with van der Waals surface area (Å²) in [6.07, 6.45) is 1.35. The van der Waals surface area contributed by atoms with Gasteiger partial charge in [-0.1, -0.05) is 0 Å². The number of ether oxygens (including phenoxy) is 2. The second-order valence-electron chi connectivity index (χ2n) is 6.95. The van der Waals surface area contributed by atoms with Crippen LogP contribution in [0.2, 0.25) is 0 Å². The van der Waals surface area contributed by atoms with Crippen molar-refractivity contribution in [2.75, 3.05) is 12.0 Å². The predicted molar refractivity (Wildman–Crippen MR) is 104 cm³/mol. The van der Waals surface area contributed by atoms with Crippen LogP contribution >= 0.6 is 11.8 Å². The molecule has 0 aliphatic heterocycles. The van der Waals surface area contributed by atoms with Crippen LogP contribution in [0.1, 0.15) is 44.5 Å². The zero-order valence-corrected chi connectivity index (χ0v) is 17.0. The van der Waals surface area contributed by atoms with E-state index in [2.05, 4.69) is 5.32 Å². The van der Waals surface area contributed by atoms with E-state index >= 15 is 0 Å². The first-order valence-corrected chi connectivity index (χ1v) is 9.86. The second-order valence-corrected chi connectivity index (χ2v) is 7.93. The van der Waals surface area contributed by atoms with Crippen molar-refractivity contribution in [2.24, 2.45) is 0 Å². The fourth-order valence-electron chi connectivity index (χ4n) is 2.17.